The Labute approximate surface area is 153 Å². The normalized spacial score (nSPS) is 20.2. The molecule has 1 aromatic heterocycles. The zero-order valence-electron chi connectivity index (χ0n) is 15.6. The Morgan fingerprint density at radius 2 is 1.85 bits per heavy atom. The maximum absolute atomic E-state index is 12.8. The molecule has 2 aliphatic rings. The van der Waals surface area contributed by atoms with E-state index < -0.39 is 0 Å². The maximum atomic E-state index is 12.8. The molecule has 1 atom stereocenters. The predicted octanol–water partition coefficient (Wildman–Crippen LogP) is -1.32. The van der Waals surface area contributed by atoms with Gasteiger partial charge in [0.2, 0.25) is 11.8 Å². The van der Waals surface area contributed by atoms with Crippen molar-refractivity contribution in [2.24, 2.45) is 7.05 Å². The van der Waals surface area contributed by atoms with Gasteiger partial charge in [0.15, 0.2) is 0 Å². The molecule has 1 aromatic rings. The van der Waals surface area contributed by atoms with Crippen LogP contribution < -0.4 is 5.32 Å². The average molecular weight is 364 g/mol. The fourth-order valence-corrected chi connectivity index (χ4v) is 3.43. The Bertz CT molecular complexity index is 620. The van der Waals surface area contributed by atoms with Crippen LogP contribution in [0.3, 0.4) is 0 Å². The Kier molecular flexibility index (Phi) is 6.23. The first-order valence-electron chi connectivity index (χ1n) is 9.11. The Morgan fingerprint density at radius 3 is 2.42 bits per heavy atom. The number of hydrogen-bond donors (Lipinski definition) is 1. The van der Waals surface area contributed by atoms with Crippen LogP contribution in [0.1, 0.15) is 11.6 Å². The monoisotopic (exact) mass is 364 g/mol. The number of morpholine rings is 1. The smallest absolute Gasteiger partial charge is 0.244 e. The highest BCUT2D eigenvalue weighted by atomic mass is 16.5. The molecule has 1 unspecified atom stereocenters. The van der Waals surface area contributed by atoms with E-state index in [0.717, 1.165) is 5.56 Å². The van der Waals surface area contributed by atoms with Gasteiger partial charge in [-0.15, -0.1) is 0 Å². The van der Waals surface area contributed by atoms with Crippen LogP contribution in [0.2, 0.25) is 0 Å². The molecule has 2 aliphatic heterocycles. The van der Waals surface area contributed by atoms with Crippen LogP contribution in [0.15, 0.2) is 12.4 Å². The lowest BCUT2D eigenvalue weighted by Crippen LogP contribution is -2.54. The molecule has 2 fully saturated rings. The third-order valence-corrected chi connectivity index (χ3v) is 5.00. The van der Waals surface area contributed by atoms with Crippen LogP contribution in [0.4, 0.5) is 0 Å². The maximum Gasteiger partial charge on any atom is 0.244 e. The SMILES string of the molecule is CNC(C(=O)N1CCN(CC(=O)N2CCOCC2)CC1)c1cnn(C)c1. The fraction of sp³-hybridized carbons (Fsp3) is 0.706. The lowest BCUT2D eigenvalue weighted by Gasteiger charge is -2.37. The van der Waals surface area contributed by atoms with E-state index >= 15 is 0 Å². The van der Waals surface area contributed by atoms with Gasteiger partial charge in [0.05, 0.1) is 26.0 Å². The number of likely N-dealkylation sites (N-methyl/N-ethyl adjacent to an activating group) is 1. The van der Waals surface area contributed by atoms with E-state index in [1.807, 2.05) is 23.0 Å². The Balaban J connectivity index is 1.49. The topological polar surface area (TPSA) is 82.9 Å². The van der Waals surface area contributed by atoms with Gasteiger partial charge in [0, 0.05) is 58.1 Å². The number of hydrogen-bond acceptors (Lipinski definition) is 6. The van der Waals surface area contributed by atoms with Gasteiger partial charge in [-0.1, -0.05) is 0 Å². The molecular formula is C17H28N6O3. The standard InChI is InChI=1S/C17H28N6O3/c1-18-16(14-11-19-20(2)12-14)17(25)23-5-3-21(4-6-23)13-15(24)22-7-9-26-10-8-22/h11-12,16,18H,3-10,13H2,1-2H3. The summed E-state index contributed by atoms with van der Waals surface area (Å²) in [6.45, 7) is 5.69. The van der Waals surface area contributed by atoms with Crippen LogP contribution in [0.25, 0.3) is 0 Å². The van der Waals surface area contributed by atoms with E-state index in [-0.39, 0.29) is 17.9 Å². The van der Waals surface area contributed by atoms with Gasteiger partial charge in [-0.2, -0.15) is 5.10 Å². The average Bonchev–Trinajstić information content (AvgIpc) is 3.09. The highest BCUT2D eigenvalue weighted by molar-refractivity contribution is 5.83. The molecule has 0 spiro atoms. The van der Waals surface area contributed by atoms with Gasteiger partial charge in [0.25, 0.3) is 0 Å². The first-order chi connectivity index (χ1) is 12.6. The minimum atomic E-state index is -0.384. The van der Waals surface area contributed by atoms with Crippen LogP contribution in [-0.4, -0.2) is 102 Å². The highest BCUT2D eigenvalue weighted by Crippen LogP contribution is 2.16. The molecule has 3 rings (SSSR count). The van der Waals surface area contributed by atoms with Crippen molar-refractivity contribution >= 4 is 11.8 Å². The lowest BCUT2D eigenvalue weighted by atomic mass is 10.1. The van der Waals surface area contributed by atoms with Gasteiger partial charge >= 0.3 is 0 Å². The number of aryl methyl sites for hydroxylation is 1. The molecule has 3 heterocycles. The molecule has 1 N–H and O–H groups in total. The molecule has 2 amide bonds. The summed E-state index contributed by atoms with van der Waals surface area (Å²) in [5.74, 6) is 0.205. The number of amides is 2. The van der Waals surface area contributed by atoms with E-state index in [2.05, 4.69) is 15.3 Å². The number of nitrogens with zero attached hydrogens (tertiary/aromatic N) is 5. The Morgan fingerprint density at radius 1 is 1.15 bits per heavy atom. The van der Waals surface area contributed by atoms with Crippen LogP contribution in [-0.2, 0) is 21.4 Å². The minimum Gasteiger partial charge on any atom is -0.378 e. The van der Waals surface area contributed by atoms with Crippen molar-refractivity contribution in [2.45, 2.75) is 6.04 Å². The van der Waals surface area contributed by atoms with Gasteiger partial charge in [-0.25, -0.2) is 0 Å². The third kappa shape index (κ3) is 4.40. The van der Waals surface area contributed by atoms with E-state index in [0.29, 0.717) is 59.0 Å². The second-order valence-corrected chi connectivity index (χ2v) is 6.76. The zero-order valence-corrected chi connectivity index (χ0v) is 15.6. The van der Waals surface area contributed by atoms with Gasteiger partial charge < -0.3 is 19.9 Å². The number of carbonyl (C=O) groups excluding carboxylic acids is 2. The van der Waals surface area contributed by atoms with Crippen molar-refractivity contribution in [2.75, 3.05) is 66.1 Å². The number of ether oxygens (including phenoxy) is 1. The summed E-state index contributed by atoms with van der Waals surface area (Å²) >= 11 is 0. The first-order valence-corrected chi connectivity index (χ1v) is 9.11. The summed E-state index contributed by atoms with van der Waals surface area (Å²) < 4.78 is 6.98. The molecule has 0 saturated carbocycles. The molecule has 0 aliphatic carbocycles. The van der Waals surface area contributed by atoms with Crippen LogP contribution in [0, 0.1) is 0 Å². The molecule has 9 heteroatoms. The van der Waals surface area contributed by atoms with E-state index in [1.165, 1.54) is 0 Å². The summed E-state index contributed by atoms with van der Waals surface area (Å²) in [6, 6.07) is -0.384. The Hall–Kier alpha value is -1.97. The summed E-state index contributed by atoms with van der Waals surface area (Å²) in [4.78, 5) is 31.0. The van der Waals surface area contributed by atoms with Crippen LogP contribution in [0.5, 0.6) is 0 Å². The third-order valence-electron chi connectivity index (χ3n) is 5.00. The number of carbonyl (C=O) groups is 2. The first kappa shape index (κ1) is 18.8. The quantitative estimate of drug-likeness (QED) is 0.698. The number of rotatable bonds is 5. The second kappa shape index (κ2) is 8.61. The molecule has 26 heavy (non-hydrogen) atoms. The van der Waals surface area contributed by atoms with Crippen molar-refractivity contribution in [1.29, 1.82) is 0 Å². The second-order valence-electron chi connectivity index (χ2n) is 6.76. The van der Waals surface area contributed by atoms with Crippen molar-refractivity contribution in [1.82, 2.24) is 29.8 Å². The minimum absolute atomic E-state index is 0.0552. The molecule has 9 nitrogen and oxygen atoms in total. The molecule has 0 radical (unpaired) electrons. The highest BCUT2D eigenvalue weighted by Gasteiger charge is 2.29. The van der Waals surface area contributed by atoms with Gasteiger partial charge in [0.1, 0.15) is 6.04 Å². The van der Waals surface area contributed by atoms with E-state index in [4.69, 9.17) is 4.74 Å². The number of nitrogens with one attached hydrogen (secondary N) is 1. The van der Waals surface area contributed by atoms with Crippen molar-refractivity contribution in [3.8, 4) is 0 Å². The number of piperazine rings is 1. The largest absolute Gasteiger partial charge is 0.378 e. The molecule has 2 saturated heterocycles. The van der Waals surface area contributed by atoms with Crippen molar-refractivity contribution in [3.05, 3.63) is 18.0 Å². The summed E-state index contributed by atoms with van der Waals surface area (Å²) in [6.07, 6.45) is 3.58. The number of aromatic nitrogens is 2. The van der Waals surface area contributed by atoms with Crippen LogP contribution >= 0.6 is 0 Å². The van der Waals surface area contributed by atoms with Gasteiger partial charge in [-0.05, 0) is 7.05 Å². The molecular weight excluding hydrogens is 336 g/mol. The van der Waals surface area contributed by atoms with Gasteiger partial charge in [-0.3, -0.25) is 19.2 Å². The summed E-state index contributed by atoms with van der Waals surface area (Å²) in [7, 11) is 3.62. The summed E-state index contributed by atoms with van der Waals surface area (Å²) in [5, 5.41) is 7.23. The van der Waals surface area contributed by atoms with E-state index in [9.17, 15) is 9.59 Å². The zero-order chi connectivity index (χ0) is 18.5. The molecule has 0 bridgehead atoms. The lowest BCUT2D eigenvalue weighted by molar-refractivity contribution is -0.138. The molecule has 144 valence electrons. The molecule has 0 aromatic carbocycles. The fourth-order valence-electron chi connectivity index (χ4n) is 3.43. The summed E-state index contributed by atoms with van der Waals surface area (Å²) in [5.41, 5.74) is 0.866. The van der Waals surface area contributed by atoms with E-state index in [1.54, 1.807) is 17.9 Å². The predicted molar refractivity (Wildman–Crippen MR) is 95.4 cm³/mol. The van der Waals surface area contributed by atoms with Crippen molar-refractivity contribution in [3.63, 3.8) is 0 Å². The van der Waals surface area contributed by atoms with Crippen molar-refractivity contribution < 1.29 is 14.3 Å².